The summed E-state index contributed by atoms with van der Waals surface area (Å²) in [7, 11) is -3.80. The van der Waals surface area contributed by atoms with Crippen LogP contribution in [0, 0.1) is 6.92 Å². The van der Waals surface area contributed by atoms with Gasteiger partial charge in [-0.1, -0.05) is 42.3 Å². The highest BCUT2D eigenvalue weighted by atomic mass is 35.5. The highest BCUT2D eigenvalue weighted by Crippen LogP contribution is 2.22. The first-order chi connectivity index (χ1) is 12.2. The van der Waals surface area contributed by atoms with Crippen LogP contribution in [0.5, 0.6) is 0 Å². The minimum absolute atomic E-state index is 0.0174. The van der Waals surface area contributed by atoms with Crippen molar-refractivity contribution >= 4 is 39.1 Å². The maximum Gasteiger partial charge on any atom is 0.251 e. The van der Waals surface area contributed by atoms with E-state index >= 15 is 0 Å². The maximum atomic E-state index is 12.6. The van der Waals surface area contributed by atoms with Crippen LogP contribution in [0.25, 0.3) is 0 Å². The highest BCUT2D eigenvalue weighted by Gasteiger charge is 2.18. The quantitative estimate of drug-likeness (QED) is 0.720. The molecule has 8 heteroatoms. The molecule has 1 amide bonds. The molecule has 0 bridgehead atoms. The third-order valence-corrected chi connectivity index (χ3v) is 5.75. The van der Waals surface area contributed by atoms with E-state index in [9.17, 15) is 13.2 Å². The van der Waals surface area contributed by atoms with Crippen molar-refractivity contribution in [3.63, 3.8) is 0 Å². The Bertz CT molecular complexity index is 915. The summed E-state index contributed by atoms with van der Waals surface area (Å²) < 4.78 is 27.6. The van der Waals surface area contributed by atoms with Crippen LogP contribution in [0.3, 0.4) is 0 Å². The monoisotopic (exact) mass is 414 g/mol. The molecule has 0 unspecified atom stereocenters. The van der Waals surface area contributed by atoms with Crippen molar-refractivity contribution in [3.8, 4) is 0 Å². The molecule has 2 rings (SSSR count). The summed E-state index contributed by atoms with van der Waals surface area (Å²) in [4.78, 5) is 12.2. The zero-order chi connectivity index (χ0) is 19.3. The Morgan fingerprint density at radius 1 is 1.12 bits per heavy atom. The van der Waals surface area contributed by atoms with Crippen molar-refractivity contribution in [1.29, 1.82) is 0 Å². The molecule has 0 aliphatic carbocycles. The highest BCUT2D eigenvalue weighted by molar-refractivity contribution is 7.89. The second-order valence-electron chi connectivity index (χ2n) is 5.79. The molecule has 0 aliphatic heterocycles. The number of amides is 1. The molecule has 0 aromatic heterocycles. The van der Waals surface area contributed by atoms with Gasteiger partial charge in [0, 0.05) is 28.7 Å². The van der Waals surface area contributed by atoms with Gasteiger partial charge in [0.25, 0.3) is 5.91 Å². The lowest BCUT2D eigenvalue weighted by atomic mass is 10.1. The average molecular weight is 415 g/mol. The SMILES string of the molecule is CCCNC(=O)c1cc(S(=O)(=O)NCc2ccc(Cl)cc2Cl)ccc1C. The Morgan fingerprint density at radius 3 is 2.50 bits per heavy atom. The Labute approximate surface area is 163 Å². The Morgan fingerprint density at radius 2 is 1.85 bits per heavy atom. The first kappa shape index (κ1) is 20.7. The molecule has 0 fully saturated rings. The van der Waals surface area contributed by atoms with E-state index in [4.69, 9.17) is 23.2 Å². The summed E-state index contributed by atoms with van der Waals surface area (Å²) >= 11 is 11.9. The number of sulfonamides is 1. The van der Waals surface area contributed by atoms with Crippen LogP contribution < -0.4 is 10.0 Å². The van der Waals surface area contributed by atoms with Crippen LogP contribution in [-0.2, 0) is 16.6 Å². The summed E-state index contributed by atoms with van der Waals surface area (Å²) in [6.07, 6.45) is 0.798. The lowest BCUT2D eigenvalue weighted by molar-refractivity contribution is 0.0953. The summed E-state index contributed by atoms with van der Waals surface area (Å²) in [5.41, 5.74) is 1.65. The number of halogens is 2. The first-order valence-electron chi connectivity index (χ1n) is 8.07. The van der Waals surface area contributed by atoms with Gasteiger partial charge in [0.1, 0.15) is 0 Å². The fourth-order valence-corrected chi connectivity index (χ4v) is 3.78. The third kappa shape index (κ3) is 5.20. The van der Waals surface area contributed by atoms with Crippen molar-refractivity contribution in [2.24, 2.45) is 0 Å². The molecular weight excluding hydrogens is 395 g/mol. The van der Waals surface area contributed by atoms with Crippen LogP contribution in [0.1, 0.15) is 34.8 Å². The standard InChI is InChI=1S/C18H20Cl2N2O3S/c1-3-8-21-18(23)16-10-15(7-4-12(16)2)26(24,25)22-11-13-5-6-14(19)9-17(13)20/h4-7,9-10,22H,3,8,11H2,1-2H3,(H,21,23). The van der Waals surface area contributed by atoms with Gasteiger partial charge in [-0.25, -0.2) is 13.1 Å². The van der Waals surface area contributed by atoms with Gasteiger partial charge in [0.15, 0.2) is 0 Å². The molecule has 0 heterocycles. The molecule has 0 aliphatic rings. The van der Waals surface area contributed by atoms with Crippen LogP contribution in [-0.4, -0.2) is 20.9 Å². The van der Waals surface area contributed by atoms with Gasteiger partial charge in [-0.15, -0.1) is 0 Å². The van der Waals surface area contributed by atoms with Gasteiger partial charge in [-0.2, -0.15) is 0 Å². The number of benzene rings is 2. The lowest BCUT2D eigenvalue weighted by Crippen LogP contribution is -2.26. The first-order valence-corrected chi connectivity index (χ1v) is 10.3. The minimum atomic E-state index is -3.80. The summed E-state index contributed by atoms with van der Waals surface area (Å²) in [6.45, 7) is 4.25. The van der Waals surface area contributed by atoms with Crippen molar-refractivity contribution < 1.29 is 13.2 Å². The van der Waals surface area contributed by atoms with Crippen molar-refractivity contribution in [2.45, 2.75) is 31.7 Å². The topological polar surface area (TPSA) is 75.3 Å². The molecule has 0 saturated carbocycles. The molecule has 2 aromatic rings. The van der Waals surface area contributed by atoms with E-state index in [2.05, 4.69) is 10.0 Å². The normalized spacial score (nSPS) is 11.4. The van der Waals surface area contributed by atoms with Crippen LogP contribution >= 0.6 is 23.2 Å². The Kier molecular flexibility index (Phi) is 7.06. The van der Waals surface area contributed by atoms with Crippen molar-refractivity contribution in [2.75, 3.05) is 6.54 Å². The van der Waals surface area contributed by atoms with E-state index in [1.165, 1.54) is 12.1 Å². The molecule has 140 valence electrons. The third-order valence-electron chi connectivity index (χ3n) is 3.77. The van der Waals surface area contributed by atoms with E-state index in [1.807, 2.05) is 6.92 Å². The number of hydrogen-bond acceptors (Lipinski definition) is 3. The van der Waals surface area contributed by atoms with Crippen molar-refractivity contribution in [1.82, 2.24) is 10.0 Å². The van der Waals surface area contributed by atoms with Gasteiger partial charge in [-0.05, 0) is 48.7 Å². The minimum Gasteiger partial charge on any atom is -0.352 e. The predicted octanol–water partition coefficient (Wildman–Crippen LogP) is 3.92. The molecule has 0 spiro atoms. The van der Waals surface area contributed by atoms with E-state index in [1.54, 1.807) is 31.2 Å². The molecule has 0 radical (unpaired) electrons. The number of carbonyl (C=O) groups is 1. The molecule has 2 N–H and O–H groups in total. The van der Waals surface area contributed by atoms with E-state index in [0.29, 0.717) is 33.3 Å². The smallest absolute Gasteiger partial charge is 0.251 e. The summed E-state index contributed by atoms with van der Waals surface area (Å²) in [5, 5.41) is 3.61. The van der Waals surface area contributed by atoms with Gasteiger partial charge < -0.3 is 5.32 Å². The van der Waals surface area contributed by atoms with E-state index < -0.39 is 10.0 Å². The Hall–Kier alpha value is -1.60. The van der Waals surface area contributed by atoms with Gasteiger partial charge in [-0.3, -0.25) is 4.79 Å². The molecule has 0 saturated heterocycles. The average Bonchev–Trinajstić information content (AvgIpc) is 2.59. The Balaban J connectivity index is 2.21. The predicted molar refractivity (Wildman–Crippen MR) is 104 cm³/mol. The number of carbonyl (C=O) groups excluding carboxylic acids is 1. The van der Waals surface area contributed by atoms with Gasteiger partial charge >= 0.3 is 0 Å². The van der Waals surface area contributed by atoms with Crippen molar-refractivity contribution in [3.05, 3.63) is 63.1 Å². The molecule has 2 aromatic carbocycles. The van der Waals surface area contributed by atoms with E-state index in [0.717, 1.165) is 6.42 Å². The zero-order valence-electron chi connectivity index (χ0n) is 14.5. The summed E-state index contributed by atoms with van der Waals surface area (Å²) in [5.74, 6) is -0.290. The van der Waals surface area contributed by atoms with Crippen LogP contribution in [0.4, 0.5) is 0 Å². The number of rotatable bonds is 7. The molecule has 26 heavy (non-hydrogen) atoms. The molecule has 5 nitrogen and oxygen atoms in total. The fourth-order valence-electron chi connectivity index (χ4n) is 2.27. The van der Waals surface area contributed by atoms with Crippen LogP contribution in [0.15, 0.2) is 41.3 Å². The number of aryl methyl sites for hydroxylation is 1. The lowest BCUT2D eigenvalue weighted by Gasteiger charge is -2.11. The second-order valence-corrected chi connectivity index (χ2v) is 8.40. The summed E-state index contributed by atoms with van der Waals surface area (Å²) in [6, 6.07) is 9.31. The van der Waals surface area contributed by atoms with Gasteiger partial charge in [0.05, 0.1) is 4.90 Å². The number of nitrogens with one attached hydrogen (secondary N) is 2. The van der Waals surface area contributed by atoms with E-state index in [-0.39, 0.29) is 17.3 Å². The number of hydrogen-bond donors (Lipinski definition) is 2. The van der Waals surface area contributed by atoms with Crippen LogP contribution in [0.2, 0.25) is 10.0 Å². The van der Waals surface area contributed by atoms with Gasteiger partial charge in [0.2, 0.25) is 10.0 Å². The molecular formula is C18H20Cl2N2O3S. The molecule has 0 atom stereocenters. The maximum absolute atomic E-state index is 12.6. The second kappa shape index (κ2) is 8.86. The largest absolute Gasteiger partial charge is 0.352 e. The zero-order valence-corrected chi connectivity index (χ0v) is 16.8. The fraction of sp³-hybridized carbons (Fsp3) is 0.278.